The molecule has 1 saturated carbocycles. The number of amides is 1. The van der Waals surface area contributed by atoms with Crippen LogP contribution < -0.4 is 4.74 Å². The maximum atomic E-state index is 13.0. The van der Waals surface area contributed by atoms with Crippen LogP contribution in [0, 0.1) is 5.92 Å². The predicted molar refractivity (Wildman–Crippen MR) is 92.2 cm³/mol. The minimum absolute atomic E-state index is 0.0377. The van der Waals surface area contributed by atoms with Crippen LogP contribution in [0.25, 0.3) is 0 Å². The first-order chi connectivity index (χ1) is 11.3. The van der Waals surface area contributed by atoms with E-state index in [0.717, 1.165) is 18.6 Å². The molecule has 1 aliphatic carbocycles. The van der Waals surface area contributed by atoms with Gasteiger partial charge in [0, 0.05) is 30.0 Å². The summed E-state index contributed by atoms with van der Waals surface area (Å²) in [5.41, 5.74) is 1.77. The van der Waals surface area contributed by atoms with Gasteiger partial charge in [-0.2, -0.15) is 0 Å². The Morgan fingerprint density at radius 2 is 2.17 bits per heavy atom. The number of likely N-dealkylation sites (tertiary alicyclic amines) is 1. The van der Waals surface area contributed by atoms with E-state index in [1.807, 2.05) is 11.8 Å². The van der Waals surface area contributed by atoms with Crippen molar-refractivity contribution in [3.8, 4) is 5.75 Å². The zero-order valence-electron chi connectivity index (χ0n) is 14.8. The van der Waals surface area contributed by atoms with Gasteiger partial charge >= 0.3 is 0 Å². The summed E-state index contributed by atoms with van der Waals surface area (Å²) in [5, 5.41) is 10.2. The Morgan fingerprint density at radius 3 is 2.83 bits per heavy atom. The van der Waals surface area contributed by atoms with Crippen molar-refractivity contribution in [3.05, 3.63) is 29.3 Å². The van der Waals surface area contributed by atoms with Crippen LogP contribution in [0.3, 0.4) is 0 Å². The van der Waals surface area contributed by atoms with Crippen molar-refractivity contribution in [1.82, 2.24) is 4.90 Å². The second-order valence-electron chi connectivity index (χ2n) is 8.43. The molecule has 2 fully saturated rings. The topological polar surface area (TPSA) is 49.8 Å². The normalized spacial score (nSPS) is 34.4. The number of carbonyl (C=O) groups excluding carboxylic acids is 1. The number of ether oxygens (including phenoxy) is 1. The number of nitrogens with zero attached hydrogens (tertiary/aromatic N) is 1. The highest BCUT2D eigenvalue weighted by molar-refractivity contribution is 5.85. The molecule has 1 spiro atoms. The number of aliphatic hydroxyl groups is 1. The van der Waals surface area contributed by atoms with E-state index in [1.54, 1.807) is 0 Å². The Bertz CT molecular complexity index is 681. The molecule has 1 aromatic rings. The summed E-state index contributed by atoms with van der Waals surface area (Å²) in [5.74, 6) is 1.69. The van der Waals surface area contributed by atoms with Gasteiger partial charge in [0.2, 0.25) is 5.91 Å². The summed E-state index contributed by atoms with van der Waals surface area (Å²) < 4.78 is 5.86. The molecular weight excluding hydrogens is 302 g/mol. The molecule has 2 aliphatic heterocycles. The molecule has 3 atom stereocenters. The largest absolute Gasteiger partial charge is 0.493 e. The molecule has 0 radical (unpaired) electrons. The molecule has 24 heavy (non-hydrogen) atoms. The van der Waals surface area contributed by atoms with Gasteiger partial charge < -0.3 is 14.7 Å². The van der Waals surface area contributed by atoms with Crippen molar-refractivity contribution in [2.45, 2.75) is 57.0 Å². The van der Waals surface area contributed by atoms with E-state index in [1.165, 1.54) is 11.1 Å². The Labute approximate surface area is 143 Å². The van der Waals surface area contributed by atoms with Crippen molar-refractivity contribution >= 4 is 5.91 Å². The van der Waals surface area contributed by atoms with Crippen LogP contribution in [-0.2, 0) is 10.2 Å². The van der Waals surface area contributed by atoms with E-state index in [2.05, 4.69) is 32.0 Å². The third kappa shape index (κ3) is 2.43. The number of hydrogen-bond donors (Lipinski definition) is 1. The first-order valence-electron chi connectivity index (χ1n) is 9.11. The van der Waals surface area contributed by atoms with Gasteiger partial charge in [0.15, 0.2) is 0 Å². The number of rotatable bonds is 2. The molecule has 4 heteroatoms. The summed E-state index contributed by atoms with van der Waals surface area (Å²) in [4.78, 5) is 14.8. The van der Waals surface area contributed by atoms with Gasteiger partial charge in [-0.25, -0.2) is 0 Å². The van der Waals surface area contributed by atoms with E-state index in [9.17, 15) is 9.90 Å². The van der Waals surface area contributed by atoms with Crippen molar-refractivity contribution in [2.24, 2.45) is 5.92 Å². The van der Waals surface area contributed by atoms with Crippen LogP contribution in [0.1, 0.15) is 57.1 Å². The predicted octanol–water partition coefficient (Wildman–Crippen LogP) is 2.83. The summed E-state index contributed by atoms with van der Waals surface area (Å²) in [6.07, 6.45) is 2.51. The maximum absolute atomic E-state index is 13.0. The molecule has 2 heterocycles. The number of hydrogen-bond acceptors (Lipinski definition) is 3. The van der Waals surface area contributed by atoms with Gasteiger partial charge in [-0.05, 0) is 43.7 Å². The first-order valence-corrected chi connectivity index (χ1v) is 9.11. The van der Waals surface area contributed by atoms with E-state index in [0.29, 0.717) is 32.0 Å². The second kappa shape index (κ2) is 5.22. The Kier molecular flexibility index (Phi) is 3.47. The molecule has 3 aliphatic rings. The molecule has 0 bridgehead atoms. The molecule has 1 aromatic carbocycles. The summed E-state index contributed by atoms with van der Waals surface area (Å²) in [7, 11) is 0. The number of carbonyl (C=O) groups is 1. The highest BCUT2D eigenvalue weighted by atomic mass is 16.5. The average Bonchev–Trinajstić information content (AvgIpc) is 3.13. The van der Waals surface area contributed by atoms with Crippen molar-refractivity contribution in [2.75, 3.05) is 19.7 Å². The first kappa shape index (κ1) is 15.9. The second-order valence-corrected chi connectivity index (χ2v) is 8.43. The molecule has 4 nitrogen and oxygen atoms in total. The third-order valence-corrected chi connectivity index (χ3v) is 6.15. The van der Waals surface area contributed by atoms with E-state index >= 15 is 0 Å². The number of β-amino-alcohol motifs (C(OH)–C–C–N with tert-alkyl or cyclic N) is 1. The van der Waals surface area contributed by atoms with Gasteiger partial charge in [-0.15, -0.1) is 0 Å². The molecule has 130 valence electrons. The molecule has 0 aromatic heterocycles. The van der Waals surface area contributed by atoms with Crippen LogP contribution in [0.5, 0.6) is 5.75 Å². The van der Waals surface area contributed by atoms with Crippen molar-refractivity contribution in [3.63, 3.8) is 0 Å². The Hall–Kier alpha value is -1.55. The summed E-state index contributed by atoms with van der Waals surface area (Å²) in [6, 6.07) is 6.47. The van der Waals surface area contributed by atoms with Crippen molar-refractivity contribution < 1.29 is 14.6 Å². The fourth-order valence-electron chi connectivity index (χ4n) is 4.46. The molecule has 4 rings (SSSR count). The average molecular weight is 329 g/mol. The molecule has 1 saturated heterocycles. The molecular formula is C20H27NO3. The van der Waals surface area contributed by atoms with Crippen molar-refractivity contribution in [1.29, 1.82) is 0 Å². The lowest BCUT2D eigenvalue weighted by atomic mass is 9.85. The molecule has 1 amide bonds. The fraction of sp³-hybridized carbons (Fsp3) is 0.650. The van der Waals surface area contributed by atoms with Gasteiger partial charge in [-0.3, -0.25) is 4.79 Å². The molecule has 0 unspecified atom stereocenters. The fourth-order valence-corrected chi connectivity index (χ4v) is 4.46. The number of fused-ring (bicyclic) bond motifs is 2. The highest BCUT2D eigenvalue weighted by Crippen LogP contribution is 2.61. The van der Waals surface area contributed by atoms with Crippen LogP contribution in [0.2, 0.25) is 0 Å². The van der Waals surface area contributed by atoms with E-state index in [4.69, 9.17) is 4.74 Å². The molecule has 1 N–H and O–H groups in total. The monoisotopic (exact) mass is 329 g/mol. The SMILES string of the molecule is CC(C)c1ccc2c(c1)[C@]1(CCO2)C[C@H]1C(=O)N1CC[C@@](C)(O)C1. The Morgan fingerprint density at radius 1 is 1.38 bits per heavy atom. The van der Waals surface area contributed by atoms with Crippen LogP contribution in [-0.4, -0.2) is 41.2 Å². The van der Waals surface area contributed by atoms with Gasteiger partial charge in [0.1, 0.15) is 5.75 Å². The van der Waals surface area contributed by atoms with Crippen LogP contribution in [0.4, 0.5) is 0 Å². The summed E-state index contributed by atoms with van der Waals surface area (Å²) in [6.45, 7) is 8.04. The number of benzene rings is 1. The standard InChI is InChI=1S/C20H27NO3/c1-13(2)14-4-5-17-15(10-14)20(7-9-24-17)11-16(20)18(22)21-8-6-19(3,23)12-21/h4-5,10,13,16,23H,6-9,11-12H2,1-3H3/t16-,19+,20-/m0/s1. The lowest BCUT2D eigenvalue weighted by Gasteiger charge is -2.29. The maximum Gasteiger partial charge on any atom is 0.226 e. The zero-order chi connectivity index (χ0) is 17.1. The van der Waals surface area contributed by atoms with Gasteiger partial charge in [0.25, 0.3) is 0 Å². The van der Waals surface area contributed by atoms with Gasteiger partial charge in [0.05, 0.1) is 12.2 Å². The van der Waals surface area contributed by atoms with Gasteiger partial charge in [-0.1, -0.05) is 26.0 Å². The van der Waals surface area contributed by atoms with E-state index < -0.39 is 5.60 Å². The zero-order valence-corrected chi connectivity index (χ0v) is 14.8. The minimum atomic E-state index is -0.726. The minimum Gasteiger partial charge on any atom is -0.493 e. The van der Waals surface area contributed by atoms with E-state index in [-0.39, 0.29) is 17.2 Å². The van der Waals surface area contributed by atoms with Crippen LogP contribution in [0.15, 0.2) is 18.2 Å². The lowest BCUT2D eigenvalue weighted by molar-refractivity contribution is -0.133. The highest BCUT2D eigenvalue weighted by Gasteiger charge is 2.62. The Balaban J connectivity index is 1.61. The van der Waals surface area contributed by atoms with Crippen LogP contribution >= 0.6 is 0 Å². The lowest BCUT2D eigenvalue weighted by Crippen LogP contribution is -2.37. The third-order valence-electron chi connectivity index (χ3n) is 6.15. The summed E-state index contributed by atoms with van der Waals surface area (Å²) >= 11 is 0. The quantitative estimate of drug-likeness (QED) is 0.908. The smallest absolute Gasteiger partial charge is 0.226 e.